The fourth-order valence-electron chi connectivity index (χ4n) is 4.12. The third-order valence-electron chi connectivity index (χ3n) is 5.31. The molecule has 2 fully saturated rings. The Bertz CT molecular complexity index is 635. The lowest BCUT2D eigenvalue weighted by Gasteiger charge is -2.21. The van der Waals surface area contributed by atoms with Crippen LogP contribution >= 0.6 is 0 Å². The molecule has 0 aliphatic carbocycles. The Morgan fingerprint density at radius 2 is 1.74 bits per heavy atom. The summed E-state index contributed by atoms with van der Waals surface area (Å²) in [7, 11) is 0. The van der Waals surface area contributed by atoms with Crippen molar-refractivity contribution in [2.75, 3.05) is 26.2 Å². The van der Waals surface area contributed by atoms with Gasteiger partial charge < -0.3 is 4.52 Å². The van der Waals surface area contributed by atoms with Crippen LogP contribution in [0.5, 0.6) is 0 Å². The second-order valence-electron chi connectivity index (χ2n) is 7.03. The van der Waals surface area contributed by atoms with E-state index in [9.17, 15) is 0 Å². The van der Waals surface area contributed by atoms with Gasteiger partial charge in [0.25, 0.3) is 0 Å². The maximum atomic E-state index is 5.29. The van der Waals surface area contributed by atoms with Crippen molar-refractivity contribution >= 4 is 0 Å². The highest BCUT2D eigenvalue weighted by Crippen LogP contribution is 2.33. The Morgan fingerprint density at radius 1 is 1.04 bits per heavy atom. The summed E-state index contributed by atoms with van der Waals surface area (Å²) in [6.45, 7) is 10.8. The first-order valence-corrected chi connectivity index (χ1v) is 8.45. The van der Waals surface area contributed by atoms with E-state index in [0.717, 1.165) is 36.4 Å². The summed E-state index contributed by atoms with van der Waals surface area (Å²) in [4.78, 5) is 9.58. The monoisotopic (exact) mass is 312 g/mol. The van der Waals surface area contributed by atoms with Crippen LogP contribution in [0, 0.1) is 25.7 Å². The molecule has 0 aromatic carbocycles. The first-order valence-electron chi connectivity index (χ1n) is 8.45. The molecule has 4 rings (SSSR count). The maximum Gasteiger partial charge on any atom is 0.138 e. The number of aryl methyl sites for hydroxylation is 2. The largest absolute Gasteiger partial charge is 0.361 e. The zero-order valence-electron chi connectivity index (χ0n) is 13.9. The van der Waals surface area contributed by atoms with Gasteiger partial charge in [-0.1, -0.05) is 11.2 Å². The van der Waals surface area contributed by atoms with Gasteiger partial charge >= 0.3 is 0 Å². The van der Waals surface area contributed by atoms with Gasteiger partial charge in [0.05, 0.1) is 11.4 Å². The average molecular weight is 312 g/mol. The van der Waals surface area contributed by atoms with E-state index in [4.69, 9.17) is 4.52 Å². The van der Waals surface area contributed by atoms with E-state index >= 15 is 0 Å². The molecule has 4 heterocycles. The molecule has 0 bridgehead atoms. The lowest BCUT2D eigenvalue weighted by molar-refractivity contribution is 0.244. The van der Waals surface area contributed by atoms with E-state index in [1.165, 1.54) is 37.4 Å². The molecule has 2 atom stereocenters. The molecule has 23 heavy (non-hydrogen) atoms. The molecule has 0 amide bonds. The number of fused-ring (bicyclic) bond motifs is 1. The summed E-state index contributed by atoms with van der Waals surface area (Å²) in [5, 5.41) is 4.07. The summed E-state index contributed by atoms with van der Waals surface area (Å²) in [6, 6.07) is 6.18. The highest BCUT2D eigenvalue weighted by Gasteiger charge is 2.40. The van der Waals surface area contributed by atoms with Crippen LogP contribution in [0.3, 0.4) is 0 Å². The first-order chi connectivity index (χ1) is 11.2. The summed E-state index contributed by atoms with van der Waals surface area (Å²) in [6.07, 6.45) is 1.89. The van der Waals surface area contributed by atoms with Crippen molar-refractivity contribution in [3.8, 4) is 0 Å². The van der Waals surface area contributed by atoms with Crippen molar-refractivity contribution in [3.63, 3.8) is 0 Å². The summed E-state index contributed by atoms with van der Waals surface area (Å²) >= 11 is 0. The van der Waals surface area contributed by atoms with Gasteiger partial charge in [-0.25, -0.2) is 0 Å². The SMILES string of the molecule is Cc1noc(C)c1CN1CC2CN(Cc3ccccn3)CC2C1. The van der Waals surface area contributed by atoms with Gasteiger partial charge in [-0.2, -0.15) is 0 Å². The van der Waals surface area contributed by atoms with Crippen molar-refractivity contribution in [2.24, 2.45) is 11.8 Å². The summed E-state index contributed by atoms with van der Waals surface area (Å²) in [5.74, 6) is 2.55. The number of hydrogen-bond donors (Lipinski definition) is 0. The van der Waals surface area contributed by atoms with E-state index < -0.39 is 0 Å². The van der Waals surface area contributed by atoms with E-state index in [-0.39, 0.29) is 0 Å². The number of rotatable bonds is 4. The predicted molar refractivity (Wildman–Crippen MR) is 87.7 cm³/mol. The minimum absolute atomic E-state index is 0.791. The topological polar surface area (TPSA) is 45.4 Å². The van der Waals surface area contributed by atoms with Crippen molar-refractivity contribution in [1.29, 1.82) is 0 Å². The van der Waals surface area contributed by atoms with Crippen molar-refractivity contribution in [3.05, 3.63) is 47.1 Å². The molecule has 0 radical (unpaired) electrons. The zero-order chi connectivity index (χ0) is 15.8. The lowest BCUT2D eigenvalue weighted by atomic mass is 10.0. The predicted octanol–water partition coefficient (Wildman–Crippen LogP) is 2.25. The fourth-order valence-corrected chi connectivity index (χ4v) is 4.12. The van der Waals surface area contributed by atoms with Gasteiger partial charge in [-0.3, -0.25) is 14.8 Å². The first kappa shape index (κ1) is 14.8. The molecule has 2 aliphatic heterocycles. The molecule has 0 saturated carbocycles. The Balaban J connectivity index is 1.33. The third-order valence-corrected chi connectivity index (χ3v) is 5.31. The lowest BCUT2D eigenvalue weighted by Crippen LogP contribution is -2.28. The highest BCUT2D eigenvalue weighted by molar-refractivity contribution is 5.21. The van der Waals surface area contributed by atoms with Gasteiger partial charge in [0.15, 0.2) is 0 Å². The van der Waals surface area contributed by atoms with Crippen LogP contribution in [-0.4, -0.2) is 46.1 Å². The molecule has 2 saturated heterocycles. The van der Waals surface area contributed by atoms with Crippen LogP contribution in [0.15, 0.2) is 28.9 Å². The average Bonchev–Trinajstić information content (AvgIpc) is 3.17. The molecule has 2 aromatic heterocycles. The summed E-state index contributed by atoms with van der Waals surface area (Å²) < 4.78 is 5.29. The Labute approximate surface area is 137 Å². The Morgan fingerprint density at radius 3 is 2.30 bits per heavy atom. The minimum atomic E-state index is 0.791. The minimum Gasteiger partial charge on any atom is -0.361 e. The molecule has 0 N–H and O–H groups in total. The second-order valence-corrected chi connectivity index (χ2v) is 7.03. The molecule has 2 aromatic rings. The summed E-state index contributed by atoms with van der Waals surface area (Å²) in [5.41, 5.74) is 3.49. The Kier molecular flexibility index (Phi) is 3.91. The van der Waals surface area contributed by atoms with E-state index in [2.05, 4.69) is 32.1 Å². The number of hydrogen-bond acceptors (Lipinski definition) is 5. The van der Waals surface area contributed by atoms with Gasteiger partial charge in [0.1, 0.15) is 5.76 Å². The zero-order valence-corrected chi connectivity index (χ0v) is 13.9. The van der Waals surface area contributed by atoms with Gasteiger partial charge in [0, 0.05) is 51.0 Å². The van der Waals surface area contributed by atoms with Crippen LogP contribution in [0.4, 0.5) is 0 Å². The van der Waals surface area contributed by atoms with E-state index in [0.29, 0.717) is 0 Å². The molecule has 2 aliphatic rings. The number of aromatic nitrogens is 2. The standard InChI is InChI=1S/C18H24N4O/c1-13-18(14(2)23-20-13)12-22-9-15-7-21(8-16(15)10-22)11-17-5-3-4-6-19-17/h3-6,15-16H,7-12H2,1-2H3. The molecular weight excluding hydrogens is 288 g/mol. The molecule has 5 nitrogen and oxygen atoms in total. The van der Waals surface area contributed by atoms with E-state index in [1.54, 1.807) is 0 Å². The van der Waals surface area contributed by atoms with Gasteiger partial charge in [-0.05, 0) is 37.8 Å². The van der Waals surface area contributed by atoms with Crippen molar-refractivity contribution in [2.45, 2.75) is 26.9 Å². The molecule has 122 valence electrons. The fraction of sp³-hybridized carbons (Fsp3) is 0.556. The molecule has 0 spiro atoms. The molecular formula is C18H24N4O. The normalized spacial score (nSPS) is 25.1. The molecule has 5 heteroatoms. The van der Waals surface area contributed by atoms with Crippen LogP contribution in [-0.2, 0) is 13.1 Å². The van der Waals surface area contributed by atoms with Crippen LogP contribution in [0.1, 0.15) is 22.7 Å². The highest BCUT2D eigenvalue weighted by atomic mass is 16.5. The number of pyridine rings is 1. The van der Waals surface area contributed by atoms with Crippen LogP contribution in [0.2, 0.25) is 0 Å². The maximum absolute atomic E-state index is 5.29. The Hall–Kier alpha value is -1.72. The second kappa shape index (κ2) is 6.06. The van der Waals surface area contributed by atoms with Gasteiger partial charge in [-0.15, -0.1) is 0 Å². The van der Waals surface area contributed by atoms with Crippen LogP contribution in [0.25, 0.3) is 0 Å². The number of likely N-dealkylation sites (tertiary alicyclic amines) is 2. The van der Waals surface area contributed by atoms with Crippen molar-refractivity contribution in [1.82, 2.24) is 19.9 Å². The third kappa shape index (κ3) is 3.03. The molecule has 2 unspecified atom stereocenters. The quantitative estimate of drug-likeness (QED) is 0.866. The van der Waals surface area contributed by atoms with Crippen LogP contribution < -0.4 is 0 Å². The smallest absolute Gasteiger partial charge is 0.138 e. The van der Waals surface area contributed by atoms with E-state index in [1.807, 2.05) is 26.1 Å². The number of nitrogens with zero attached hydrogens (tertiary/aromatic N) is 4. The van der Waals surface area contributed by atoms with Crippen molar-refractivity contribution < 1.29 is 4.52 Å². The van der Waals surface area contributed by atoms with Gasteiger partial charge in [0.2, 0.25) is 0 Å².